The largest absolute Gasteiger partial charge is 0.352 e. The van der Waals surface area contributed by atoms with Crippen LogP contribution in [0.5, 0.6) is 0 Å². The Bertz CT molecular complexity index is 812. The molecule has 2 aromatic carbocycles. The summed E-state index contributed by atoms with van der Waals surface area (Å²) in [6, 6.07) is 13.2. The highest BCUT2D eigenvalue weighted by atomic mass is 79.9. The second kappa shape index (κ2) is 9.18. The van der Waals surface area contributed by atoms with Gasteiger partial charge < -0.3 is 10.6 Å². The second-order valence-electron chi connectivity index (χ2n) is 7.19. The number of hydrogen-bond donors (Lipinski definition) is 2. The van der Waals surface area contributed by atoms with Gasteiger partial charge in [0.2, 0.25) is 5.91 Å². The lowest BCUT2D eigenvalue weighted by Crippen LogP contribution is -2.31. The number of anilines is 1. The molecule has 0 atom stereocenters. The highest BCUT2D eigenvalue weighted by Gasteiger charge is 2.20. The maximum Gasteiger partial charge on any atom is 0.255 e. The van der Waals surface area contributed by atoms with E-state index < -0.39 is 0 Å². The summed E-state index contributed by atoms with van der Waals surface area (Å²) in [5.74, 6) is 0.162. The van der Waals surface area contributed by atoms with Gasteiger partial charge in [-0.2, -0.15) is 0 Å². The molecule has 2 aromatic rings. The molecule has 0 spiro atoms. The Morgan fingerprint density at radius 2 is 1.74 bits per heavy atom. The van der Waals surface area contributed by atoms with Crippen LogP contribution in [-0.4, -0.2) is 11.8 Å². The van der Waals surface area contributed by atoms with E-state index in [1.54, 1.807) is 12.1 Å². The second-order valence-corrected chi connectivity index (χ2v) is 8.04. The smallest absolute Gasteiger partial charge is 0.255 e. The predicted octanol–water partition coefficient (Wildman–Crippen LogP) is 5.21. The highest BCUT2D eigenvalue weighted by Crippen LogP contribution is 2.25. The number of hydrogen-bond acceptors (Lipinski definition) is 2. The van der Waals surface area contributed by atoms with Crippen LogP contribution in [0.2, 0.25) is 0 Å². The lowest BCUT2D eigenvalue weighted by Gasteiger charge is -2.20. The Labute approximate surface area is 168 Å². The third kappa shape index (κ3) is 5.42. The zero-order valence-electron chi connectivity index (χ0n) is 15.6. The molecule has 1 saturated carbocycles. The molecule has 142 valence electrons. The molecule has 0 aromatic heterocycles. The average molecular weight is 429 g/mol. The minimum absolute atomic E-state index is 0.153. The summed E-state index contributed by atoms with van der Waals surface area (Å²) in [6.07, 6.45) is 5.55. The van der Waals surface area contributed by atoms with Crippen molar-refractivity contribution < 1.29 is 9.59 Å². The van der Waals surface area contributed by atoms with E-state index in [0.717, 1.165) is 47.0 Å². The molecule has 2 amide bonds. The number of benzene rings is 2. The van der Waals surface area contributed by atoms with Crippen molar-refractivity contribution in [3.63, 3.8) is 0 Å². The van der Waals surface area contributed by atoms with E-state index in [9.17, 15) is 9.59 Å². The monoisotopic (exact) mass is 428 g/mol. The van der Waals surface area contributed by atoms with Gasteiger partial charge in [0.05, 0.1) is 5.69 Å². The third-order valence-electron chi connectivity index (χ3n) is 5.03. The lowest BCUT2D eigenvalue weighted by molar-refractivity contribution is -0.126. The molecule has 3 rings (SSSR count). The number of halogens is 1. The summed E-state index contributed by atoms with van der Waals surface area (Å²) in [5, 5.41) is 5.94. The van der Waals surface area contributed by atoms with E-state index in [0.29, 0.717) is 12.1 Å². The molecular formula is C22H25BrN2O2. The van der Waals surface area contributed by atoms with E-state index in [1.807, 2.05) is 37.3 Å². The molecule has 0 saturated heterocycles. The van der Waals surface area contributed by atoms with Crippen molar-refractivity contribution in [1.29, 1.82) is 0 Å². The molecule has 5 heteroatoms. The first-order valence-electron chi connectivity index (χ1n) is 9.47. The van der Waals surface area contributed by atoms with Crippen molar-refractivity contribution in [3.05, 3.63) is 63.6 Å². The number of carbonyl (C=O) groups excluding carboxylic acids is 2. The van der Waals surface area contributed by atoms with E-state index in [2.05, 4.69) is 26.6 Å². The first-order chi connectivity index (χ1) is 13.0. The molecule has 0 heterocycles. The number of aryl methyl sites for hydroxylation is 1. The maximum absolute atomic E-state index is 12.4. The number of rotatable bonds is 5. The van der Waals surface area contributed by atoms with Gasteiger partial charge in [-0.15, -0.1) is 0 Å². The molecule has 0 unspecified atom stereocenters. The molecule has 2 N–H and O–H groups in total. The van der Waals surface area contributed by atoms with Gasteiger partial charge >= 0.3 is 0 Å². The molecule has 0 bridgehead atoms. The molecule has 0 aliphatic heterocycles. The van der Waals surface area contributed by atoms with Gasteiger partial charge in [0, 0.05) is 22.5 Å². The fourth-order valence-electron chi connectivity index (χ4n) is 3.39. The average Bonchev–Trinajstić information content (AvgIpc) is 2.69. The third-order valence-corrected chi connectivity index (χ3v) is 5.69. The van der Waals surface area contributed by atoms with E-state index in [4.69, 9.17) is 0 Å². The predicted molar refractivity (Wildman–Crippen MR) is 112 cm³/mol. The van der Waals surface area contributed by atoms with Gasteiger partial charge in [-0.05, 0) is 71.1 Å². The fourth-order valence-corrected chi connectivity index (χ4v) is 3.98. The molecule has 27 heavy (non-hydrogen) atoms. The van der Waals surface area contributed by atoms with Gasteiger partial charge in [0.25, 0.3) is 5.91 Å². The van der Waals surface area contributed by atoms with Crippen molar-refractivity contribution >= 4 is 33.4 Å². The SMILES string of the molecule is Cc1ccc(NC(=O)c2ccc(CNC(=O)C3CCCCC3)cc2)c(Br)c1. The minimum atomic E-state index is -0.155. The number of nitrogens with one attached hydrogen (secondary N) is 2. The van der Waals surface area contributed by atoms with Crippen LogP contribution in [0.15, 0.2) is 46.9 Å². The Hall–Kier alpha value is -2.14. The van der Waals surface area contributed by atoms with Crippen LogP contribution in [0.25, 0.3) is 0 Å². The van der Waals surface area contributed by atoms with E-state index in [1.165, 1.54) is 6.42 Å². The Kier molecular flexibility index (Phi) is 6.67. The van der Waals surface area contributed by atoms with Crippen molar-refractivity contribution in [2.75, 3.05) is 5.32 Å². The van der Waals surface area contributed by atoms with Crippen molar-refractivity contribution in [1.82, 2.24) is 5.32 Å². The zero-order chi connectivity index (χ0) is 19.2. The Morgan fingerprint density at radius 1 is 1.04 bits per heavy atom. The van der Waals surface area contributed by atoms with Crippen LogP contribution in [0.1, 0.15) is 53.6 Å². The molecule has 1 fully saturated rings. The molecular weight excluding hydrogens is 404 g/mol. The highest BCUT2D eigenvalue weighted by molar-refractivity contribution is 9.10. The van der Waals surface area contributed by atoms with Crippen LogP contribution in [0.3, 0.4) is 0 Å². The molecule has 1 aliphatic carbocycles. The van der Waals surface area contributed by atoms with E-state index in [-0.39, 0.29) is 17.7 Å². The van der Waals surface area contributed by atoms with Gasteiger partial charge in [0.1, 0.15) is 0 Å². The topological polar surface area (TPSA) is 58.2 Å². The van der Waals surface area contributed by atoms with Crippen LogP contribution >= 0.6 is 15.9 Å². The summed E-state index contributed by atoms with van der Waals surface area (Å²) < 4.78 is 0.859. The fraction of sp³-hybridized carbons (Fsp3) is 0.364. The van der Waals surface area contributed by atoms with Gasteiger partial charge in [-0.3, -0.25) is 9.59 Å². The van der Waals surface area contributed by atoms with Crippen LogP contribution < -0.4 is 10.6 Å². The molecule has 0 radical (unpaired) electrons. The Morgan fingerprint density at radius 3 is 2.41 bits per heavy atom. The van der Waals surface area contributed by atoms with Crippen molar-refractivity contribution in [2.45, 2.75) is 45.6 Å². The lowest BCUT2D eigenvalue weighted by atomic mass is 9.88. The quantitative estimate of drug-likeness (QED) is 0.686. The number of carbonyl (C=O) groups is 2. The summed E-state index contributed by atoms with van der Waals surface area (Å²) in [6.45, 7) is 2.50. The minimum Gasteiger partial charge on any atom is -0.352 e. The van der Waals surface area contributed by atoms with Crippen LogP contribution in [0.4, 0.5) is 5.69 Å². The number of amides is 2. The summed E-state index contributed by atoms with van der Waals surface area (Å²) in [7, 11) is 0. The first-order valence-corrected chi connectivity index (χ1v) is 10.3. The summed E-state index contributed by atoms with van der Waals surface area (Å²) in [4.78, 5) is 24.7. The first kappa shape index (κ1) is 19.6. The van der Waals surface area contributed by atoms with Gasteiger partial charge in [-0.1, -0.05) is 37.5 Å². The normalized spacial score (nSPS) is 14.6. The van der Waals surface area contributed by atoms with Crippen LogP contribution in [0, 0.1) is 12.8 Å². The van der Waals surface area contributed by atoms with Gasteiger partial charge in [0.15, 0.2) is 0 Å². The Balaban J connectivity index is 1.54. The van der Waals surface area contributed by atoms with E-state index >= 15 is 0 Å². The molecule has 1 aliphatic rings. The van der Waals surface area contributed by atoms with Crippen molar-refractivity contribution in [2.24, 2.45) is 5.92 Å². The standard InChI is InChI=1S/C22H25BrN2O2/c1-15-7-12-20(19(23)13-15)25-22(27)18-10-8-16(9-11-18)14-24-21(26)17-5-3-2-4-6-17/h7-13,17H,2-6,14H2,1H3,(H,24,26)(H,25,27). The maximum atomic E-state index is 12.4. The summed E-state index contributed by atoms with van der Waals surface area (Å²) >= 11 is 3.47. The molecule has 4 nitrogen and oxygen atoms in total. The van der Waals surface area contributed by atoms with Crippen molar-refractivity contribution in [3.8, 4) is 0 Å². The zero-order valence-corrected chi connectivity index (χ0v) is 17.1. The summed E-state index contributed by atoms with van der Waals surface area (Å²) in [5.41, 5.74) is 3.45. The van der Waals surface area contributed by atoms with Crippen LogP contribution in [-0.2, 0) is 11.3 Å². The van der Waals surface area contributed by atoms with Gasteiger partial charge in [-0.25, -0.2) is 0 Å².